The van der Waals surface area contributed by atoms with Crippen molar-refractivity contribution < 1.29 is 47.8 Å². The molecule has 3 unspecified atom stereocenters. The van der Waals surface area contributed by atoms with Crippen LogP contribution in [-0.4, -0.2) is 65.7 Å². The minimum atomic E-state index is -4.62. The van der Waals surface area contributed by atoms with Gasteiger partial charge in [-0.1, -0.05) is 135 Å². The number of carbonyl (C=O) groups is 2. The molecule has 48 heavy (non-hydrogen) atoms. The van der Waals surface area contributed by atoms with Crippen molar-refractivity contribution in [1.82, 2.24) is 0 Å². The lowest BCUT2D eigenvalue weighted by atomic mass is 10.0. The van der Waals surface area contributed by atoms with Gasteiger partial charge in [-0.3, -0.25) is 18.6 Å². The Morgan fingerprint density at radius 2 is 0.854 bits per heavy atom. The molecule has 10 nitrogen and oxygen atoms in total. The van der Waals surface area contributed by atoms with E-state index >= 15 is 0 Å². The molecule has 0 aliphatic rings. The van der Waals surface area contributed by atoms with Gasteiger partial charge in [0.2, 0.25) is 0 Å². The number of aliphatic hydroxyl groups excluding tert-OH is 2. The fourth-order valence-electron chi connectivity index (χ4n) is 5.23. The van der Waals surface area contributed by atoms with E-state index in [1.165, 1.54) is 77.0 Å². The fraction of sp³-hybridized carbons (Fsp3) is 0.892. The lowest BCUT2D eigenvalue weighted by Crippen LogP contribution is -2.28. The second-order valence-electron chi connectivity index (χ2n) is 12.9. The van der Waals surface area contributed by atoms with E-state index in [2.05, 4.69) is 26.0 Å². The van der Waals surface area contributed by atoms with Crippen LogP contribution in [0, 0.1) is 0 Å². The number of ether oxygens (including phenoxy) is 2. The zero-order valence-electron chi connectivity index (χ0n) is 30.5. The van der Waals surface area contributed by atoms with Gasteiger partial charge in [-0.05, 0) is 38.5 Å². The number of rotatable bonds is 36. The molecule has 3 atom stereocenters. The fourth-order valence-corrected chi connectivity index (χ4v) is 6.01. The Morgan fingerprint density at radius 3 is 1.23 bits per heavy atom. The van der Waals surface area contributed by atoms with Gasteiger partial charge in [-0.2, -0.15) is 0 Å². The van der Waals surface area contributed by atoms with Crippen LogP contribution in [0.3, 0.4) is 0 Å². The van der Waals surface area contributed by atoms with Gasteiger partial charge < -0.3 is 24.6 Å². The second-order valence-corrected chi connectivity index (χ2v) is 14.4. The zero-order valence-corrected chi connectivity index (χ0v) is 31.4. The molecule has 3 N–H and O–H groups in total. The number of aliphatic hydroxyl groups is 2. The minimum Gasteiger partial charge on any atom is -0.457 e. The summed E-state index contributed by atoms with van der Waals surface area (Å²) in [6, 6.07) is 0. The van der Waals surface area contributed by atoms with Crippen molar-refractivity contribution in [3.05, 3.63) is 12.2 Å². The van der Waals surface area contributed by atoms with E-state index in [0.29, 0.717) is 12.8 Å². The maximum atomic E-state index is 12.3. The average molecular weight is 707 g/mol. The van der Waals surface area contributed by atoms with Gasteiger partial charge in [0.1, 0.15) is 12.2 Å². The van der Waals surface area contributed by atoms with Gasteiger partial charge >= 0.3 is 19.8 Å². The molecule has 0 aliphatic heterocycles. The van der Waals surface area contributed by atoms with Crippen molar-refractivity contribution in [2.45, 2.75) is 187 Å². The second kappa shape index (κ2) is 34.2. The van der Waals surface area contributed by atoms with Crippen molar-refractivity contribution in [3.63, 3.8) is 0 Å². The maximum Gasteiger partial charge on any atom is 0.472 e. The van der Waals surface area contributed by atoms with Crippen LogP contribution in [0.15, 0.2) is 12.2 Å². The van der Waals surface area contributed by atoms with Crippen molar-refractivity contribution in [2.75, 3.05) is 26.4 Å². The lowest BCUT2D eigenvalue weighted by Gasteiger charge is -2.20. The molecular formula is C37H71O10P. The predicted molar refractivity (Wildman–Crippen MR) is 192 cm³/mol. The highest BCUT2D eigenvalue weighted by atomic mass is 31.2. The molecule has 0 heterocycles. The van der Waals surface area contributed by atoms with E-state index in [4.69, 9.17) is 18.5 Å². The average Bonchev–Trinajstić information content (AvgIpc) is 3.07. The molecule has 0 aliphatic carbocycles. The first-order valence-corrected chi connectivity index (χ1v) is 20.6. The van der Waals surface area contributed by atoms with Gasteiger partial charge in [0.05, 0.1) is 26.4 Å². The summed E-state index contributed by atoms with van der Waals surface area (Å²) in [4.78, 5) is 34.3. The minimum absolute atomic E-state index is 0.184. The SMILES string of the molecule is CCCCC/C=C\CCCCCCCC(=O)OC(CO)COP(=O)(O)OCC(CO)OC(=O)CCCCCCCCCCCCCCC. The number of esters is 2. The third-order valence-electron chi connectivity index (χ3n) is 8.23. The Balaban J connectivity index is 3.98. The summed E-state index contributed by atoms with van der Waals surface area (Å²) in [6.07, 6.45) is 29.0. The molecule has 0 amide bonds. The molecule has 0 radical (unpaired) electrons. The highest BCUT2D eigenvalue weighted by molar-refractivity contribution is 7.47. The first-order chi connectivity index (χ1) is 23.3. The molecule has 0 aromatic rings. The van der Waals surface area contributed by atoms with E-state index in [9.17, 15) is 29.3 Å². The summed E-state index contributed by atoms with van der Waals surface area (Å²) < 4.78 is 32.4. The molecule has 0 fully saturated rings. The Bertz CT molecular complexity index is 822. The van der Waals surface area contributed by atoms with Crippen molar-refractivity contribution >= 4 is 19.8 Å². The standard InChI is InChI=1S/C37H71O10P/c1-3-5-7-9-11-13-15-17-19-21-23-25-27-29-37(41)47-35(31-39)33-45-48(42,43)44-32-34(30-38)46-36(40)28-26-24-22-20-18-16-14-12-10-8-6-4-2/h12,14,34-35,38-39H,3-11,13,15-33H2,1-2H3,(H,42,43)/b14-12-. The molecule has 11 heteroatoms. The molecule has 0 aromatic carbocycles. The lowest BCUT2D eigenvalue weighted by molar-refractivity contribution is -0.153. The van der Waals surface area contributed by atoms with Crippen molar-refractivity contribution in [1.29, 1.82) is 0 Å². The number of unbranched alkanes of at least 4 members (excludes halogenated alkanes) is 20. The summed E-state index contributed by atoms with van der Waals surface area (Å²) in [5.74, 6) is -1.02. The maximum absolute atomic E-state index is 12.3. The Hall–Kier alpha value is -1.29. The summed E-state index contributed by atoms with van der Waals surface area (Å²) in [5.41, 5.74) is 0. The highest BCUT2D eigenvalue weighted by Crippen LogP contribution is 2.43. The van der Waals surface area contributed by atoms with Crippen LogP contribution in [0.2, 0.25) is 0 Å². The van der Waals surface area contributed by atoms with Crippen molar-refractivity contribution in [3.8, 4) is 0 Å². The highest BCUT2D eigenvalue weighted by Gasteiger charge is 2.27. The topological polar surface area (TPSA) is 149 Å². The van der Waals surface area contributed by atoms with Crippen LogP contribution in [0.1, 0.15) is 174 Å². The Morgan fingerprint density at radius 1 is 0.542 bits per heavy atom. The number of allylic oxidation sites excluding steroid dienone is 2. The molecular weight excluding hydrogens is 635 g/mol. The summed E-state index contributed by atoms with van der Waals surface area (Å²) >= 11 is 0. The molecule has 284 valence electrons. The quantitative estimate of drug-likeness (QED) is 0.0249. The number of phosphoric ester groups is 1. The van der Waals surface area contributed by atoms with Gasteiger partial charge in [0, 0.05) is 12.8 Å². The van der Waals surface area contributed by atoms with Crippen LogP contribution in [0.5, 0.6) is 0 Å². The van der Waals surface area contributed by atoms with Crippen LogP contribution in [0.4, 0.5) is 0 Å². The molecule has 0 spiro atoms. The van der Waals surface area contributed by atoms with E-state index in [1.807, 2.05) is 0 Å². The normalized spacial score (nSPS) is 14.2. The third kappa shape index (κ3) is 31.9. The van der Waals surface area contributed by atoms with Crippen LogP contribution < -0.4 is 0 Å². The van der Waals surface area contributed by atoms with Gasteiger partial charge in [-0.25, -0.2) is 4.57 Å². The summed E-state index contributed by atoms with van der Waals surface area (Å²) in [7, 11) is -4.62. The largest absolute Gasteiger partial charge is 0.472 e. The van der Waals surface area contributed by atoms with Crippen LogP contribution in [-0.2, 0) is 32.7 Å². The molecule has 0 saturated heterocycles. The van der Waals surface area contributed by atoms with Gasteiger partial charge in [-0.15, -0.1) is 0 Å². The van der Waals surface area contributed by atoms with Gasteiger partial charge in [0.25, 0.3) is 0 Å². The van der Waals surface area contributed by atoms with E-state index in [1.54, 1.807) is 0 Å². The summed E-state index contributed by atoms with van der Waals surface area (Å²) in [5, 5.41) is 19.1. The van der Waals surface area contributed by atoms with E-state index in [0.717, 1.165) is 57.8 Å². The van der Waals surface area contributed by atoms with E-state index < -0.39 is 58.4 Å². The smallest absolute Gasteiger partial charge is 0.457 e. The summed E-state index contributed by atoms with van der Waals surface area (Å²) in [6.45, 7) is 2.16. The van der Waals surface area contributed by atoms with Crippen molar-refractivity contribution in [2.24, 2.45) is 0 Å². The van der Waals surface area contributed by atoms with Crippen LogP contribution in [0.25, 0.3) is 0 Å². The Labute approximate surface area is 292 Å². The van der Waals surface area contributed by atoms with Gasteiger partial charge in [0.15, 0.2) is 0 Å². The molecule has 0 bridgehead atoms. The molecule has 0 saturated carbocycles. The number of hydrogen-bond donors (Lipinski definition) is 3. The monoisotopic (exact) mass is 706 g/mol. The molecule has 0 aromatic heterocycles. The number of phosphoric acid groups is 1. The van der Waals surface area contributed by atoms with Crippen LogP contribution >= 0.6 is 7.82 Å². The third-order valence-corrected chi connectivity index (χ3v) is 9.18. The Kier molecular flexibility index (Phi) is 33.3. The molecule has 0 rings (SSSR count). The number of hydrogen-bond acceptors (Lipinski definition) is 9. The number of carbonyl (C=O) groups excluding carboxylic acids is 2. The zero-order chi connectivity index (χ0) is 35.6. The first kappa shape index (κ1) is 46.7. The van der Waals surface area contributed by atoms with E-state index in [-0.39, 0.29) is 12.8 Å². The first-order valence-electron chi connectivity index (χ1n) is 19.1. The predicted octanol–water partition coefficient (Wildman–Crippen LogP) is 9.28.